The summed E-state index contributed by atoms with van der Waals surface area (Å²) in [6, 6.07) is 15.0. The van der Waals surface area contributed by atoms with Gasteiger partial charge in [0, 0.05) is 28.8 Å². The van der Waals surface area contributed by atoms with E-state index in [2.05, 4.69) is 25.6 Å². The molecule has 2 aromatic heterocycles. The maximum absolute atomic E-state index is 14.6. The number of hydrogen-bond acceptors (Lipinski definition) is 9. The first kappa shape index (κ1) is 35.7. The Kier molecular flexibility index (Phi) is 9.36. The molecule has 1 unspecified atom stereocenters. The summed E-state index contributed by atoms with van der Waals surface area (Å²) in [4.78, 5) is 62.4. The minimum absolute atomic E-state index is 0.00617. The van der Waals surface area contributed by atoms with Gasteiger partial charge in [0.1, 0.15) is 29.4 Å². The Hall–Kier alpha value is -5.31. The minimum atomic E-state index is -3.89. The second-order valence-corrected chi connectivity index (χ2v) is 16.9. The van der Waals surface area contributed by atoms with Gasteiger partial charge in [-0.2, -0.15) is 5.10 Å². The molecule has 3 fully saturated rings. The summed E-state index contributed by atoms with van der Waals surface area (Å²) in [6.45, 7) is 1.78. The first-order valence-corrected chi connectivity index (χ1v) is 20.2. The summed E-state index contributed by atoms with van der Waals surface area (Å²) in [5, 5.41) is 14.6. The monoisotopic (exact) mass is 753 g/mol. The largest absolute Gasteiger partial charge is 0.472 e. The summed E-state index contributed by atoms with van der Waals surface area (Å²) in [5.74, 6) is -2.44. The topological polar surface area (TPSA) is 193 Å². The molecule has 2 aliphatic carbocycles. The van der Waals surface area contributed by atoms with E-state index in [1.165, 1.54) is 4.90 Å². The number of carbonyl (C=O) groups is 4. The van der Waals surface area contributed by atoms with Crippen molar-refractivity contribution in [3.63, 3.8) is 0 Å². The van der Waals surface area contributed by atoms with Crippen LogP contribution in [0.3, 0.4) is 0 Å². The number of H-pyrrole nitrogens is 1. The first-order valence-electron chi connectivity index (χ1n) is 18.6. The van der Waals surface area contributed by atoms with Crippen LogP contribution in [0.15, 0.2) is 66.7 Å². The lowest BCUT2D eigenvalue weighted by Crippen LogP contribution is -2.58. The number of aromatic amines is 1. The lowest BCUT2D eigenvalue weighted by Gasteiger charge is -2.29. The second kappa shape index (κ2) is 14.2. The standard InChI is InChI=1S/C39H43N7O7S/c1-23-19-32(44-43-23)34(47)40-31-16-6-4-2-3-5-11-24-21-39(24,38(50)45-54(51,52)26-17-18-26)42-35(48)33-20-25(22-46(33)37(31)49)53-36-29-14-8-7-12-27(29)28-13-9-10-15-30(28)41-36/h5,7-15,19,24-26,31,33H,2-4,6,16-18,20-22H2,1H3,(H,40,47)(H,42,48)(H,43,44)(H,45,50)/b11-5+/t24-,25?,31+,33+,39-/m1/s1. The van der Waals surface area contributed by atoms with Crippen LogP contribution in [0.4, 0.5) is 0 Å². The summed E-state index contributed by atoms with van der Waals surface area (Å²) >= 11 is 0. The number of ether oxygens (including phenoxy) is 1. The number of carbonyl (C=O) groups excluding carboxylic acids is 4. The molecule has 4 amide bonds. The number of benzene rings is 2. The van der Waals surface area contributed by atoms with Gasteiger partial charge in [-0.15, -0.1) is 0 Å². The molecule has 0 bridgehead atoms. The van der Waals surface area contributed by atoms with Crippen LogP contribution in [0.1, 0.15) is 74.0 Å². The predicted octanol–water partition coefficient (Wildman–Crippen LogP) is 3.57. The van der Waals surface area contributed by atoms with Crippen molar-refractivity contribution in [2.24, 2.45) is 5.92 Å². The number of pyridine rings is 1. The zero-order chi connectivity index (χ0) is 37.6. The van der Waals surface area contributed by atoms with E-state index in [1.807, 2.05) is 60.7 Å². The van der Waals surface area contributed by atoms with Crippen LogP contribution < -0.4 is 20.1 Å². The normalized spacial score (nSPS) is 26.9. The van der Waals surface area contributed by atoms with Crippen molar-refractivity contribution in [2.75, 3.05) is 6.54 Å². The predicted molar refractivity (Wildman–Crippen MR) is 200 cm³/mol. The van der Waals surface area contributed by atoms with Crippen LogP contribution in [0, 0.1) is 12.8 Å². The fourth-order valence-electron chi connectivity index (χ4n) is 7.73. The highest BCUT2D eigenvalue weighted by molar-refractivity contribution is 7.91. The second-order valence-electron chi connectivity index (χ2n) is 14.9. The molecule has 2 saturated carbocycles. The first-order chi connectivity index (χ1) is 26.0. The van der Waals surface area contributed by atoms with E-state index < -0.39 is 68.5 Å². The molecular formula is C39H43N7O7S. The van der Waals surface area contributed by atoms with E-state index in [1.54, 1.807) is 13.0 Å². The molecule has 2 aliphatic heterocycles. The summed E-state index contributed by atoms with van der Waals surface area (Å²) in [6.07, 6.45) is 7.63. The molecule has 54 heavy (non-hydrogen) atoms. The molecule has 8 rings (SSSR count). The number of rotatable bonds is 7. The van der Waals surface area contributed by atoms with Gasteiger partial charge < -0.3 is 20.3 Å². The van der Waals surface area contributed by atoms with Crippen molar-refractivity contribution in [3.05, 3.63) is 78.1 Å². The molecule has 5 atom stereocenters. The fraction of sp³-hybridized carbons (Fsp3) is 0.436. The number of amides is 4. The maximum Gasteiger partial charge on any atom is 0.272 e. The van der Waals surface area contributed by atoms with Crippen LogP contribution in [0.2, 0.25) is 0 Å². The molecule has 15 heteroatoms. The van der Waals surface area contributed by atoms with E-state index in [0.717, 1.165) is 34.5 Å². The van der Waals surface area contributed by atoms with Crippen LogP contribution in [-0.4, -0.2) is 87.6 Å². The highest BCUT2D eigenvalue weighted by atomic mass is 32.2. The average molecular weight is 754 g/mol. The number of aryl methyl sites for hydroxylation is 1. The van der Waals surface area contributed by atoms with Gasteiger partial charge in [-0.25, -0.2) is 13.4 Å². The van der Waals surface area contributed by atoms with E-state index in [-0.39, 0.29) is 25.1 Å². The van der Waals surface area contributed by atoms with Gasteiger partial charge in [0.15, 0.2) is 0 Å². The quantitative estimate of drug-likeness (QED) is 0.161. The molecule has 0 radical (unpaired) electrons. The van der Waals surface area contributed by atoms with E-state index in [4.69, 9.17) is 9.72 Å². The molecule has 4 heterocycles. The van der Waals surface area contributed by atoms with Gasteiger partial charge in [0.05, 0.1) is 17.3 Å². The molecule has 1 saturated heterocycles. The molecule has 4 aromatic rings. The Labute approximate surface area is 312 Å². The lowest BCUT2D eigenvalue weighted by molar-refractivity contribution is -0.141. The number of sulfonamides is 1. The maximum atomic E-state index is 14.6. The molecule has 14 nitrogen and oxygen atoms in total. The number of hydrogen-bond donors (Lipinski definition) is 4. The Morgan fingerprint density at radius 2 is 1.74 bits per heavy atom. The number of fused-ring (bicyclic) bond motifs is 5. The summed E-state index contributed by atoms with van der Waals surface area (Å²) < 4.78 is 34.5. The van der Waals surface area contributed by atoms with Gasteiger partial charge in [-0.1, -0.05) is 61.4 Å². The van der Waals surface area contributed by atoms with Crippen LogP contribution >= 0.6 is 0 Å². The third-order valence-electron chi connectivity index (χ3n) is 10.9. The number of para-hydroxylation sites is 1. The third kappa shape index (κ3) is 7.04. The molecule has 4 aliphatic rings. The van der Waals surface area contributed by atoms with Gasteiger partial charge in [0.25, 0.3) is 11.8 Å². The van der Waals surface area contributed by atoms with Crippen molar-refractivity contribution < 1.29 is 32.3 Å². The van der Waals surface area contributed by atoms with Crippen molar-refractivity contribution in [2.45, 2.75) is 93.7 Å². The van der Waals surface area contributed by atoms with E-state index >= 15 is 0 Å². The fourth-order valence-corrected chi connectivity index (χ4v) is 9.10. The Balaban J connectivity index is 1.12. The summed E-state index contributed by atoms with van der Waals surface area (Å²) in [7, 11) is -3.89. The van der Waals surface area contributed by atoms with Gasteiger partial charge in [0.2, 0.25) is 27.7 Å². The van der Waals surface area contributed by atoms with Gasteiger partial charge in [-0.3, -0.25) is 29.0 Å². The van der Waals surface area contributed by atoms with E-state index in [0.29, 0.717) is 43.7 Å². The Morgan fingerprint density at radius 1 is 0.981 bits per heavy atom. The van der Waals surface area contributed by atoms with Gasteiger partial charge in [-0.05, 0) is 69.0 Å². The number of nitrogens with zero attached hydrogens (tertiary/aromatic N) is 3. The van der Waals surface area contributed by atoms with Crippen molar-refractivity contribution in [3.8, 4) is 5.88 Å². The molecule has 282 valence electrons. The third-order valence-corrected chi connectivity index (χ3v) is 12.8. The van der Waals surface area contributed by atoms with Crippen molar-refractivity contribution in [1.29, 1.82) is 0 Å². The Morgan fingerprint density at radius 3 is 2.50 bits per heavy atom. The molecular weight excluding hydrogens is 711 g/mol. The highest BCUT2D eigenvalue weighted by Crippen LogP contribution is 2.46. The zero-order valence-corrected chi connectivity index (χ0v) is 30.7. The molecule has 0 spiro atoms. The Bertz CT molecular complexity index is 2290. The van der Waals surface area contributed by atoms with Crippen molar-refractivity contribution >= 4 is 55.3 Å². The minimum Gasteiger partial charge on any atom is -0.472 e. The highest BCUT2D eigenvalue weighted by Gasteiger charge is 2.62. The van der Waals surface area contributed by atoms with Crippen molar-refractivity contribution in [1.82, 2.24) is 35.4 Å². The number of aromatic nitrogens is 3. The number of nitrogens with one attached hydrogen (secondary N) is 4. The molecule has 2 aromatic carbocycles. The number of allylic oxidation sites excluding steroid dienone is 1. The van der Waals surface area contributed by atoms with Crippen LogP contribution in [-0.2, 0) is 24.4 Å². The zero-order valence-electron chi connectivity index (χ0n) is 29.9. The smallest absolute Gasteiger partial charge is 0.272 e. The average Bonchev–Trinajstić information content (AvgIpc) is 4.05. The lowest BCUT2D eigenvalue weighted by atomic mass is 10.0. The van der Waals surface area contributed by atoms with E-state index in [9.17, 15) is 27.6 Å². The van der Waals surface area contributed by atoms with Gasteiger partial charge >= 0.3 is 0 Å². The van der Waals surface area contributed by atoms with Crippen LogP contribution in [0.5, 0.6) is 5.88 Å². The molecule has 4 N–H and O–H groups in total. The van der Waals surface area contributed by atoms with Crippen LogP contribution in [0.25, 0.3) is 21.7 Å². The SMILES string of the molecule is Cc1cc(C(=O)N[C@H]2CCCCC/C=C/[C@@H]3C[C@@]3(C(=O)NS(=O)(=O)C3CC3)NC(=O)[C@@H]3CC(Oc4nc5ccccc5c5ccccc45)CN3C2=O)n[nH]1. The summed E-state index contributed by atoms with van der Waals surface area (Å²) in [5.41, 5.74) is 0.0619.